The highest BCUT2D eigenvalue weighted by molar-refractivity contribution is 5.77. The lowest BCUT2D eigenvalue weighted by Crippen LogP contribution is -2.32. The van der Waals surface area contributed by atoms with E-state index in [0.29, 0.717) is 26.2 Å². The minimum absolute atomic E-state index is 0.0341. The summed E-state index contributed by atoms with van der Waals surface area (Å²) in [5.41, 5.74) is 1.95. The standard InChI is InChI=1S/C13H19N5O/c1-18(2)13(19)10-16-9-12-7-11(3-5-17-12)8-15-6-4-14/h3,5,7,15-16H,6,8-10H2,1-2H3. The number of amides is 1. The van der Waals surface area contributed by atoms with Gasteiger partial charge in [0.15, 0.2) is 0 Å². The van der Waals surface area contributed by atoms with Gasteiger partial charge in [0, 0.05) is 33.4 Å². The lowest BCUT2D eigenvalue weighted by Gasteiger charge is -2.11. The van der Waals surface area contributed by atoms with Crippen LogP contribution in [0.15, 0.2) is 18.3 Å². The third kappa shape index (κ3) is 5.95. The molecule has 1 aromatic heterocycles. The van der Waals surface area contributed by atoms with E-state index in [1.54, 1.807) is 25.2 Å². The van der Waals surface area contributed by atoms with Gasteiger partial charge in [0.1, 0.15) is 0 Å². The molecule has 0 saturated heterocycles. The molecule has 0 bridgehead atoms. The van der Waals surface area contributed by atoms with E-state index in [4.69, 9.17) is 5.26 Å². The molecule has 1 aromatic rings. The third-order valence-corrected chi connectivity index (χ3v) is 2.50. The van der Waals surface area contributed by atoms with Crippen molar-refractivity contribution in [3.05, 3.63) is 29.6 Å². The summed E-state index contributed by atoms with van der Waals surface area (Å²) >= 11 is 0. The van der Waals surface area contributed by atoms with Crippen LogP contribution in [-0.4, -0.2) is 43.0 Å². The van der Waals surface area contributed by atoms with Crippen molar-refractivity contribution in [3.63, 3.8) is 0 Å². The summed E-state index contributed by atoms with van der Waals surface area (Å²) in [7, 11) is 3.45. The predicted octanol–water partition coefficient (Wildman–Crippen LogP) is -0.127. The number of carbonyl (C=O) groups excluding carboxylic acids is 1. The van der Waals surface area contributed by atoms with Crippen molar-refractivity contribution in [2.24, 2.45) is 0 Å². The average Bonchev–Trinajstić information content (AvgIpc) is 2.39. The van der Waals surface area contributed by atoms with Gasteiger partial charge in [-0.15, -0.1) is 0 Å². The zero-order chi connectivity index (χ0) is 14.1. The first-order chi connectivity index (χ1) is 9.13. The molecule has 1 rings (SSSR count). The van der Waals surface area contributed by atoms with Gasteiger partial charge in [-0.2, -0.15) is 5.26 Å². The number of hydrogen-bond donors (Lipinski definition) is 2. The smallest absolute Gasteiger partial charge is 0.236 e. The highest BCUT2D eigenvalue weighted by Crippen LogP contribution is 2.01. The molecule has 0 atom stereocenters. The zero-order valence-electron chi connectivity index (χ0n) is 11.3. The average molecular weight is 261 g/mol. The molecule has 0 spiro atoms. The van der Waals surface area contributed by atoms with Crippen LogP contribution in [0.3, 0.4) is 0 Å². The predicted molar refractivity (Wildman–Crippen MR) is 72.0 cm³/mol. The maximum Gasteiger partial charge on any atom is 0.236 e. The molecule has 19 heavy (non-hydrogen) atoms. The van der Waals surface area contributed by atoms with Gasteiger partial charge in [-0.25, -0.2) is 0 Å². The number of pyridine rings is 1. The van der Waals surface area contributed by atoms with Gasteiger partial charge in [-0.05, 0) is 17.7 Å². The van der Waals surface area contributed by atoms with E-state index in [-0.39, 0.29) is 5.91 Å². The summed E-state index contributed by atoms with van der Waals surface area (Å²) in [6.45, 7) is 1.81. The Morgan fingerprint density at radius 1 is 1.42 bits per heavy atom. The molecule has 0 aliphatic heterocycles. The Morgan fingerprint density at radius 3 is 2.89 bits per heavy atom. The molecule has 2 N–H and O–H groups in total. The molecule has 1 heterocycles. The van der Waals surface area contributed by atoms with Crippen molar-refractivity contribution in [1.29, 1.82) is 5.26 Å². The second-order valence-corrected chi connectivity index (χ2v) is 4.31. The normalized spacial score (nSPS) is 9.95. The molecule has 0 fully saturated rings. The third-order valence-electron chi connectivity index (χ3n) is 2.50. The minimum atomic E-state index is 0.0341. The van der Waals surface area contributed by atoms with Crippen LogP contribution >= 0.6 is 0 Å². The van der Waals surface area contributed by atoms with Gasteiger partial charge in [0.2, 0.25) is 5.91 Å². The monoisotopic (exact) mass is 261 g/mol. The van der Waals surface area contributed by atoms with E-state index in [2.05, 4.69) is 15.6 Å². The molecule has 0 aliphatic rings. The molecule has 0 radical (unpaired) electrons. The van der Waals surface area contributed by atoms with Crippen LogP contribution < -0.4 is 10.6 Å². The van der Waals surface area contributed by atoms with Crippen molar-refractivity contribution in [1.82, 2.24) is 20.5 Å². The van der Waals surface area contributed by atoms with Gasteiger partial charge < -0.3 is 15.5 Å². The number of likely N-dealkylation sites (N-methyl/N-ethyl adjacent to an activating group) is 1. The second kappa shape index (κ2) is 8.19. The molecule has 0 aromatic carbocycles. The zero-order valence-corrected chi connectivity index (χ0v) is 11.3. The van der Waals surface area contributed by atoms with Crippen molar-refractivity contribution in [2.75, 3.05) is 27.2 Å². The molecule has 0 aliphatic carbocycles. The highest BCUT2D eigenvalue weighted by atomic mass is 16.2. The van der Waals surface area contributed by atoms with Crippen LogP contribution in [0.25, 0.3) is 0 Å². The minimum Gasteiger partial charge on any atom is -0.348 e. The van der Waals surface area contributed by atoms with E-state index in [0.717, 1.165) is 11.3 Å². The van der Waals surface area contributed by atoms with Crippen LogP contribution in [0.4, 0.5) is 0 Å². The fourth-order valence-corrected chi connectivity index (χ4v) is 1.45. The van der Waals surface area contributed by atoms with E-state index in [9.17, 15) is 4.79 Å². The first kappa shape index (κ1) is 15.1. The lowest BCUT2D eigenvalue weighted by molar-refractivity contribution is -0.127. The Morgan fingerprint density at radius 2 is 2.21 bits per heavy atom. The lowest BCUT2D eigenvalue weighted by atomic mass is 10.2. The van der Waals surface area contributed by atoms with Gasteiger partial charge in [0.05, 0.1) is 24.9 Å². The SMILES string of the molecule is CN(C)C(=O)CNCc1cc(CNCC#N)ccn1. The van der Waals surface area contributed by atoms with Crippen molar-refractivity contribution >= 4 is 5.91 Å². The van der Waals surface area contributed by atoms with Crippen LogP contribution in [0.1, 0.15) is 11.3 Å². The topological polar surface area (TPSA) is 81.0 Å². The van der Waals surface area contributed by atoms with Crippen LogP contribution in [0, 0.1) is 11.3 Å². The Labute approximate surface area is 113 Å². The Kier molecular flexibility index (Phi) is 6.50. The van der Waals surface area contributed by atoms with Gasteiger partial charge in [0.25, 0.3) is 0 Å². The number of rotatable bonds is 7. The molecule has 6 nitrogen and oxygen atoms in total. The quantitative estimate of drug-likeness (QED) is 0.528. The molecular formula is C13H19N5O. The largest absolute Gasteiger partial charge is 0.348 e. The molecule has 1 amide bonds. The first-order valence-corrected chi connectivity index (χ1v) is 6.06. The molecule has 0 saturated carbocycles. The fourth-order valence-electron chi connectivity index (χ4n) is 1.45. The van der Waals surface area contributed by atoms with Crippen molar-refractivity contribution in [2.45, 2.75) is 13.1 Å². The number of aromatic nitrogens is 1. The molecule has 0 unspecified atom stereocenters. The van der Waals surface area contributed by atoms with Crippen molar-refractivity contribution in [3.8, 4) is 6.07 Å². The maximum absolute atomic E-state index is 11.4. The van der Waals surface area contributed by atoms with Crippen molar-refractivity contribution < 1.29 is 4.79 Å². The van der Waals surface area contributed by atoms with Crippen LogP contribution in [0.2, 0.25) is 0 Å². The number of nitrogens with one attached hydrogen (secondary N) is 2. The summed E-state index contributed by atoms with van der Waals surface area (Å²) in [5.74, 6) is 0.0341. The van der Waals surface area contributed by atoms with Gasteiger partial charge in [-0.3, -0.25) is 9.78 Å². The fraction of sp³-hybridized carbons (Fsp3) is 0.462. The highest BCUT2D eigenvalue weighted by Gasteiger charge is 2.03. The summed E-state index contributed by atoms with van der Waals surface area (Å²) in [6.07, 6.45) is 1.73. The molecule has 6 heteroatoms. The summed E-state index contributed by atoms with van der Waals surface area (Å²) < 4.78 is 0. The Balaban J connectivity index is 2.40. The van der Waals surface area contributed by atoms with E-state index in [1.807, 2.05) is 18.2 Å². The van der Waals surface area contributed by atoms with E-state index >= 15 is 0 Å². The number of carbonyl (C=O) groups is 1. The maximum atomic E-state index is 11.4. The van der Waals surface area contributed by atoms with Gasteiger partial charge >= 0.3 is 0 Å². The molecular weight excluding hydrogens is 242 g/mol. The van der Waals surface area contributed by atoms with E-state index in [1.165, 1.54) is 0 Å². The van der Waals surface area contributed by atoms with E-state index < -0.39 is 0 Å². The van der Waals surface area contributed by atoms with Gasteiger partial charge in [-0.1, -0.05) is 0 Å². The number of hydrogen-bond acceptors (Lipinski definition) is 5. The first-order valence-electron chi connectivity index (χ1n) is 6.06. The summed E-state index contributed by atoms with van der Waals surface area (Å²) in [4.78, 5) is 17.2. The summed E-state index contributed by atoms with van der Waals surface area (Å²) in [5, 5.41) is 14.5. The summed E-state index contributed by atoms with van der Waals surface area (Å²) in [6, 6.07) is 5.89. The number of nitrogens with zero attached hydrogens (tertiary/aromatic N) is 3. The van der Waals surface area contributed by atoms with Crippen LogP contribution in [0.5, 0.6) is 0 Å². The second-order valence-electron chi connectivity index (χ2n) is 4.31. The Hall–Kier alpha value is -1.97. The Bertz CT molecular complexity index is 453. The number of nitriles is 1. The molecule has 102 valence electrons. The van der Waals surface area contributed by atoms with Crippen LogP contribution in [-0.2, 0) is 17.9 Å².